The first-order chi connectivity index (χ1) is 39.1. The summed E-state index contributed by atoms with van der Waals surface area (Å²) in [5.74, 6) is 2.53. The van der Waals surface area contributed by atoms with Gasteiger partial charge < -0.3 is 0 Å². The molecule has 0 aliphatic heterocycles. The molecular weight excluding hydrogens is 1020 g/mol. The van der Waals surface area contributed by atoms with Gasteiger partial charge in [0.2, 0.25) is 0 Å². The summed E-state index contributed by atoms with van der Waals surface area (Å²) < 4.78 is 13.6. The second-order valence-electron chi connectivity index (χ2n) is 23.9. The van der Waals surface area contributed by atoms with E-state index in [-0.39, 0.29) is 5.41 Å². The van der Waals surface area contributed by atoms with Gasteiger partial charge >= 0.3 is 0 Å². The van der Waals surface area contributed by atoms with Gasteiger partial charge in [0, 0.05) is 78.4 Å². The van der Waals surface area contributed by atoms with Gasteiger partial charge in [-0.15, -0.1) is 0 Å². The zero-order valence-electron chi connectivity index (χ0n) is 54.9. The van der Waals surface area contributed by atoms with Gasteiger partial charge in [-0.2, -0.15) is 0 Å². The standard InChI is InChI=1S/C20H29N2.C17H23N2.C9H15N2.C7H11N2.C6H9N2.C6H8N.C5H7N2/c1-13(2)16-10-17(14(3)4)20(18(11-16)15(5)6)19-8-9-22(7)12-21-19;1-12(2)14-7-6-8-15(13(3)4)17(14)16-9-10-19(5)11-18-16;1-9(2,3)8-5-6-11(4)7-10-8;1-6-4-9(3)5-8-7(6)2;1-6-3-4-8(2)5-7-6;1-7-5-3-2-4-6-7;1-7-4-2-3-6-5-7/h8-15H,1-7H3;6-13H,1-5H3;5-7H,1-4H3;4-5H,1-3H3;3-5H,1-2H3;2-6H,1H3;2-5H,1H3/q7*+1. The van der Waals surface area contributed by atoms with Crippen LogP contribution in [0.4, 0.5) is 0 Å². The van der Waals surface area contributed by atoms with Gasteiger partial charge in [-0.1, -0.05) is 146 Å². The number of rotatable bonds is 7. The quantitative estimate of drug-likeness (QED) is 0.147. The lowest BCUT2D eigenvalue weighted by Gasteiger charge is -2.21. The van der Waals surface area contributed by atoms with E-state index in [0.29, 0.717) is 29.6 Å². The van der Waals surface area contributed by atoms with E-state index >= 15 is 0 Å². The SMILES string of the molecule is CC(C)c1cc(C(C)C)c(-c2cc[n+](C)cn2)c(C(C)C)c1.CC(C)c1cccc(C(C)C)c1-c1cc[n+](C)cn1.C[n+]1ccc(C(C)(C)C)nc1.C[n+]1ccccc1.C[n+]1cccnc1.Cc1c[n+](C)cnc1C.Cc1cc[n+](C)cn1. The molecule has 9 aromatic rings. The minimum absolute atomic E-state index is 0.161. The van der Waals surface area contributed by atoms with Crippen LogP contribution in [-0.4, -0.2) is 29.9 Å². The number of aryl methyl sites for hydroxylation is 10. The van der Waals surface area contributed by atoms with E-state index in [1.165, 1.54) is 44.5 Å². The molecule has 0 N–H and O–H groups in total. The van der Waals surface area contributed by atoms with E-state index in [9.17, 15) is 0 Å². The zero-order chi connectivity index (χ0) is 62.0. The Kier molecular flexibility index (Phi) is 28.8. The number of benzene rings is 2. The predicted molar refractivity (Wildman–Crippen MR) is 334 cm³/mol. The third-order valence-corrected chi connectivity index (χ3v) is 13.3. The first-order valence-corrected chi connectivity index (χ1v) is 29.1. The Bertz CT molecular complexity index is 3150. The van der Waals surface area contributed by atoms with Crippen LogP contribution in [0.5, 0.6) is 0 Å². The molecule has 0 amide bonds. The molecule has 7 aromatic heterocycles. The lowest BCUT2D eigenvalue weighted by molar-refractivity contribution is -0.675. The summed E-state index contributed by atoms with van der Waals surface area (Å²) in [6, 6.07) is 27.5. The molecule has 7 heterocycles. The van der Waals surface area contributed by atoms with Crippen LogP contribution in [0.1, 0.15) is 170 Å². The van der Waals surface area contributed by atoms with E-state index in [1.807, 2.05) is 182 Å². The van der Waals surface area contributed by atoms with Crippen LogP contribution >= 0.6 is 0 Å². The third kappa shape index (κ3) is 24.6. The molecule has 9 rings (SSSR count). The summed E-state index contributed by atoms with van der Waals surface area (Å²) >= 11 is 0. The van der Waals surface area contributed by atoms with Crippen LogP contribution in [0.15, 0.2) is 173 Å². The topological polar surface area (TPSA) is 104 Å². The summed E-state index contributed by atoms with van der Waals surface area (Å²) in [5, 5.41) is 0. The van der Waals surface area contributed by atoms with Crippen molar-refractivity contribution in [2.24, 2.45) is 49.3 Å². The normalized spacial score (nSPS) is 10.7. The van der Waals surface area contributed by atoms with E-state index in [4.69, 9.17) is 0 Å². The maximum Gasteiger partial charge on any atom is 0.286 e. The van der Waals surface area contributed by atoms with Crippen molar-refractivity contribution in [2.75, 3.05) is 0 Å². The maximum absolute atomic E-state index is 4.67. The van der Waals surface area contributed by atoms with Crippen molar-refractivity contribution >= 4 is 0 Å². The van der Waals surface area contributed by atoms with E-state index in [1.54, 1.807) is 18.9 Å². The van der Waals surface area contributed by atoms with Gasteiger partial charge in [-0.25, -0.2) is 32.0 Å². The van der Waals surface area contributed by atoms with Crippen molar-refractivity contribution in [3.8, 4) is 22.5 Å². The van der Waals surface area contributed by atoms with E-state index < -0.39 is 0 Å². The Balaban J connectivity index is 0.000000267. The molecule has 0 fully saturated rings. The highest BCUT2D eigenvalue weighted by Gasteiger charge is 2.23. The minimum atomic E-state index is 0.161. The predicted octanol–water partition coefficient (Wildman–Crippen LogP) is 11.1. The molecule has 440 valence electrons. The third-order valence-electron chi connectivity index (χ3n) is 13.3. The van der Waals surface area contributed by atoms with Gasteiger partial charge in [0.25, 0.3) is 38.0 Å². The minimum Gasteiger partial charge on any atom is -0.240 e. The number of aromatic nitrogens is 13. The molecule has 13 heteroatoms. The molecule has 0 saturated carbocycles. The largest absolute Gasteiger partial charge is 0.286 e. The van der Waals surface area contributed by atoms with Crippen molar-refractivity contribution < 1.29 is 32.0 Å². The number of hydrogen-bond donors (Lipinski definition) is 0. The Morgan fingerprint density at radius 2 is 0.795 bits per heavy atom. The summed E-state index contributed by atoms with van der Waals surface area (Å²) in [6.07, 6.45) is 28.8. The second-order valence-corrected chi connectivity index (χ2v) is 23.9. The lowest BCUT2D eigenvalue weighted by Crippen LogP contribution is -2.29. The molecule has 0 saturated heterocycles. The molecule has 13 nitrogen and oxygen atoms in total. The Hall–Kier alpha value is -7.93. The van der Waals surface area contributed by atoms with Gasteiger partial charge in [0.15, 0.2) is 40.9 Å². The molecule has 0 aliphatic carbocycles. The molecule has 0 aliphatic rings. The molecular formula is C70H102N13+7. The van der Waals surface area contributed by atoms with Crippen LogP contribution in [0.3, 0.4) is 0 Å². The van der Waals surface area contributed by atoms with Crippen LogP contribution in [0.2, 0.25) is 0 Å². The Labute approximate surface area is 500 Å². The van der Waals surface area contributed by atoms with E-state index in [0.717, 1.165) is 28.5 Å². The smallest absolute Gasteiger partial charge is 0.240 e. The zero-order valence-corrected chi connectivity index (χ0v) is 54.9. The fourth-order valence-corrected chi connectivity index (χ4v) is 8.20. The van der Waals surface area contributed by atoms with Crippen LogP contribution in [-0.2, 0) is 54.7 Å². The average Bonchev–Trinajstić information content (AvgIpc) is 3.65. The lowest BCUT2D eigenvalue weighted by atomic mass is 9.83. The number of nitrogens with zero attached hydrogens (tertiary/aromatic N) is 13. The molecule has 83 heavy (non-hydrogen) atoms. The number of pyridine rings is 1. The summed E-state index contributed by atoms with van der Waals surface area (Å²) in [4.78, 5) is 25.6. The van der Waals surface area contributed by atoms with Crippen molar-refractivity contribution in [2.45, 2.75) is 146 Å². The van der Waals surface area contributed by atoms with Crippen LogP contribution in [0, 0.1) is 20.8 Å². The van der Waals surface area contributed by atoms with Gasteiger partial charge in [0.05, 0.1) is 79.5 Å². The Morgan fingerprint density at radius 1 is 0.373 bits per heavy atom. The second kappa shape index (κ2) is 34.5. The highest BCUT2D eigenvalue weighted by Crippen LogP contribution is 2.38. The Morgan fingerprint density at radius 3 is 1.10 bits per heavy atom. The molecule has 0 atom stereocenters. The van der Waals surface area contributed by atoms with Gasteiger partial charge in [-0.3, -0.25) is 0 Å². The monoisotopic (exact) mass is 1120 g/mol. The van der Waals surface area contributed by atoms with Crippen LogP contribution in [0.25, 0.3) is 22.5 Å². The first-order valence-electron chi connectivity index (χ1n) is 29.1. The molecule has 0 bridgehead atoms. The van der Waals surface area contributed by atoms with Crippen molar-refractivity contribution in [1.29, 1.82) is 0 Å². The highest BCUT2D eigenvalue weighted by molar-refractivity contribution is 5.70. The van der Waals surface area contributed by atoms with Crippen LogP contribution < -0.4 is 32.0 Å². The summed E-state index contributed by atoms with van der Waals surface area (Å²) in [5.41, 5.74) is 16.5. The fourth-order valence-electron chi connectivity index (χ4n) is 8.20. The molecule has 0 radical (unpaired) electrons. The van der Waals surface area contributed by atoms with Crippen molar-refractivity contribution in [1.82, 2.24) is 29.9 Å². The molecule has 0 spiro atoms. The van der Waals surface area contributed by atoms with Crippen molar-refractivity contribution in [3.05, 3.63) is 223 Å². The summed E-state index contributed by atoms with van der Waals surface area (Å²) in [7, 11) is 13.8. The summed E-state index contributed by atoms with van der Waals surface area (Å²) in [6.45, 7) is 35.1. The van der Waals surface area contributed by atoms with E-state index in [2.05, 4.69) is 194 Å². The number of hydrogen-bond acceptors (Lipinski definition) is 6. The fraction of sp³-hybridized carbons (Fsp3) is 0.414. The highest BCUT2D eigenvalue weighted by atomic mass is 15.0. The molecule has 0 unspecified atom stereocenters. The van der Waals surface area contributed by atoms with Gasteiger partial charge in [-0.05, 0) is 74.3 Å². The average molecular weight is 1130 g/mol. The van der Waals surface area contributed by atoms with Gasteiger partial charge in [0.1, 0.15) is 13.2 Å². The molecule has 2 aromatic carbocycles. The van der Waals surface area contributed by atoms with Crippen molar-refractivity contribution in [3.63, 3.8) is 0 Å². The maximum atomic E-state index is 4.67. The first kappa shape index (κ1) is 69.3.